The molecule has 2 aromatic heterocycles. The Bertz CT molecular complexity index is 1080. The number of rotatable bonds is 8. The lowest BCUT2D eigenvalue weighted by Gasteiger charge is -2.14. The van der Waals surface area contributed by atoms with E-state index in [0.717, 1.165) is 40.3 Å². The Hall–Kier alpha value is -3.12. The normalized spacial score (nSPS) is 12.0. The third-order valence-corrected chi connectivity index (χ3v) is 5.88. The number of fused-ring (bicyclic) bond motifs is 1. The molecule has 2 heterocycles. The predicted molar refractivity (Wildman–Crippen MR) is 122 cm³/mol. The van der Waals surface area contributed by atoms with E-state index in [1.807, 2.05) is 48.5 Å². The molecule has 30 heavy (non-hydrogen) atoms. The highest BCUT2D eigenvalue weighted by molar-refractivity contribution is 7.98. The van der Waals surface area contributed by atoms with Crippen molar-refractivity contribution < 1.29 is 4.79 Å². The van der Waals surface area contributed by atoms with Crippen molar-refractivity contribution in [2.24, 2.45) is 0 Å². The molecule has 2 aromatic carbocycles. The van der Waals surface area contributed by atoms with Gasteiger partial charge in [0.15, 0.2) is 5.16 Å². The van der Waals surface area contributed by atoms with Gasteiger partial charge in [-0.3, -0.25) is 9.78 Å². The monoisotopic (exact) mass is 416 g/mol. The number of carbonyl (C=O) groups excluding carboxylic acids is 1. The molecule has 2 N–H and O–H groups in total. The molecule has 0 saturated carbocycles. The summed E-state index contributed by atoms with van der Waals surface area (Å²) in [6, 6.07) is 20.1. The van der Waals surface area contributed by atoms with Gasteiger partial charge in [-0.1, -0.05) is 54.2 Å². The van der Waals surface area contributed by atoms with Crippen LogP contribution in [0, 0.1) is 0 Å². The first-order valence-corrected chi connectivity index (χ1v) is 11.0. The molecule has 0 spiro atoms. The van der Waals surface area contributed by atoms with Crippen molar-refractivity contribution in [3.63, 3.8) is 0 Å². The minimum Gasteiger partial charge on any atom is -0.350 e. The predicted octanol–water partition coefficient (Wildman–Crippen LogP) is 5.00. The van der Waals surface area contributed by atoms with Crippen LogP contribution in [0.25, 0.3) is 11.0 Å². The van der Waals surface area contributed by atoms with E-state index in [4.69, 9.17) is 0 Å². The molecular weight excluding hydrogens is 392 g/mol. The second kappa shape index (κ2) is 9.59. The zero-order valence-corrected chi connectivity index (χ0v) is 17.7. The van der Waals surface area contributed by atoms with E-state index in [9.17, 15) is 4.79 Å². The number of amides is 1. The van der Waals surface area contributed by atoms with E-state index in [2.05, 4.69) is 39.3 Å². The quantitative estimate of drug-likeness (QED) is 0.397. The van der Waals surface area contributed by atoms with Gasteiger partial charge in [0.1, 0.15) is 0 Å². The summed E-state index contributed by atoms with van der Waals surface area (Å²) < 4.78 is 0. The summed E-state index contributed by atoms with van der Waals surface area (Å²) in [7, 11) is 0. The van der Waals surface area contributed by atoms with Crippen molar-refractivity contribution in [3.8, 4) is 0 Å². The van der Waals surface area contributed by atoms with Gasteiger partial charge in [0.05, 0.1) is 17.2 Å². The van der Waals surface area contributed by atoms with E-state index in [1.54, 1.807) is 24.2 Å². The zero-order valence-electron chi connectivity index (χ0n) is 16.8. The van der Waals surface area contributed by atoms with Crippen LogP contribution in [0.1, 0.15) is 34.8 Å². The van der Waals surface area contributed by atoms with Gasteiger partial charge in [-0.2, -0.15) is 0 Å². The van der Waals surface area contributed by atoms with Crippen LogP contribution in [0.5, 0.6) is 0 Å². The minimum absolute atomic E-state index is 0.0282. The van der Waals surface area contributed by atoms with Crippen LogP contribution in [0.2, 0.25) is 0 Å². The van der Waals surface area contributed by atoms with Crippen molar-refractivity contribution in [1.82, 2.24) is 20.3 Å². The number of hydrogen-bond donors (Lipinski definition) is 2. The van der Waals surface area contributed by atoms with Gasteiger partial charge in [0, 0.05) is 23.6 Å². The number of thioether (sulfide) groups is 1. The van der Waals surface area contributed by atoms with E-state index in [1.165, 1.54) is 5.56 Å². The maximum Gasteiger partial charge on any atom is 0.251 e. The first-order valence-electron chi connectivity index (χ1n) is 10.0. The molecule has 0 radical (unpaired) electrons. The topological polar surface area (TPSA) is 70.7 Å². The molecule has 4 aromatic rings. The summed E-state index contributed by atoms with van der Waals surface area (Å²) in [4.78, 5) is 24.4. The summed E-state index contributed by atoms with van der Waals surface area (Å²) in [5.74, 6) is 0.752. The molecule has 5 nitrogen and oxygen atoms in total. The highest BCUT2D eigenvalue weighted by atomic mass is 32.2. The van der Waals surface area contributed by atoms with Gasteiger partial charge in [-0.05, 0) is 49.1 Å². The summed E-state index contributed by atoms with van der Waals surface area (Å²) in [6.07, 6.45) is 5.39. The van der Waals surface area contributed by atoms with Gasteiger partial charge in [0.2, 0.25) is 0 Å². The van der Waals surface area contributed by atoms with E-state index < -0.39 is 0 Å². The third kappa shape index (κ3) is 5.27. The number of carbonyl (C=O) groups is 1. The molecule has 0 aliphatic heterocycles. The molecule has 1 amide bonds. The molecule has 0 fully saturated rings. The Labute approximate surface area is 180 Å². The molecule has 0 saturated heterocycles. The lowest BCUT2D eigenvalue weighted by atomic mass is 10.1. The number of imidazole rings is 1. The third-order valence-electron chi connectivity index (χ3n) is 4.94. The Morgan fingerprint density at radius 3 is 2.63 bits per heavy atom. The van der Waals surface area contributed by atoms with Crippen LogP contribution in [-0.4, -0.2) is 26.9 Å². The number of nitrogens with one attached hydrogen (secondary N) is 2. The van der Waals surface area contributed by atoms with Crippen LogP contribution >= 0.6 is 11.8 Å². The van der Waals surface area contributed by atoms with Gasteiger partial charge in [0.25, 0.3) is 5.91 Å². The van der Waals surface area contributed by atoms with E-state index >= 15 is 0 Å². The largest absolute Gasteiger partial charge is 0.350 e. The maximum atomic E-state index is 12.5. The number of H-pyrrole nitrogens is 1. The SMILES string of the molecule is CC(CCc1ccccc1)NC(=O)c1ccc(CSc2nc3ccncc3[nH]2)cc1. The number of nitrogens with zero attached hydrogens (tertiary/aromatic N) is 2. The van der Waals surface area contributed by atoms with Crippen molar-refractivity contribution in [2.75, 3.05) is 0 Å². The van der Waals surface area contributed by atoms with Gasteiger partial charge in [-0.25, -0.2) is 4.98 Å². The summed E-state index contributed by atoms with van der Waals surface area (Å²) in [6.45, 7) is 2.05. The fourth-order valence-corrected chi connectivity index (χ4v) is 4.05. The smallest absolute Gasteiger partial charge is 0.251 e. The lowest BCUT2D eigenvalue weighted by Crippen LogP contribution is -2.32. The van der Waals surface area contributed by atoms with Crippen LogP contribution in [0.4, 0.5) is 0 Å². The van der Waals surface area contributed by atoms with Crippen molar-refractivity contribution >= 4 is 28.7 Å². The molecule has 0 aliphatic carbocycles. The van der Waals surface area contributed by atoms with Gasteiger partial charge < -0.3 is 10.3 Å². The number of hydrogen-bond acceptors (Lipinski definition) is 4. The molecule has 0 bridgehead atoms. The zero-order chi connectivity index (χ0) is 20.8. The number of benzene rings is 2. The highest BCUT2D eigenvalue weighted by Crippen LogP contribution is 2.22. The second-order valence-electron chi connectivity index (χ2n) is 7.32. The summed E-state index contributed by atoms with van der Waals surface area (Å²) >= 11 is 1.63. The Morgan fingerprint density at radius 1 is 1.07 bits per heavy atom. The average molecular weight is 417 g/mol. The maximum absolute atomic E-state index is 12.5. The fraction of sp³-hybridized carbons (Fsp3) is 0.208. The summed E-state index contributed by atoms with van der Waals surface area (Å²) in [5, 5.41) is 3.96. The average Bonchev–Trinajstić information content (AvgIpc) is 3.20. The molecule has 1 atom stereocenters. The molecule has 152 valence electrons. The van der Waals surface area contributed by atoms with Crippen molar-refractivity contribution in [2.45, 2.75) is 36.7 Å². The Kier molecular flexibility index (Phi) is 6.44. The van der Waals surface area contributed by atoms with Crippen LogP contribution < -0.4 is 5.32 Å². The first-order chi connectivity index (χ1) is 14.7. The Morgan fingerprint density at radius 2 is 1.87 bits per heavy atom. The number of aromatic nitrogens is 3. The number of aryl methyl sites for hydroxylation is 1. The van der Waals surface area contributed by atoms with Gasteiger partial charge in [-0.15, -0.1) is 0 Å². The molecule has 0 aliphatic rings. The first kappa shape index (κ1) is 20.2. The standard InChI is InChI=1S/C24H24N4OS/c1-17(7-8-18-5-3-2-4-6-18)26-23(29)20-11-9-19(10-12-20)16-30-24-27-21-13-14-25-15-22(21)28-24/h2-6,9-15,17H,7-8,16H2,1H3,(H,26,29)(H,27,28). The van der Waals surface area contributed by atoms with Gasteiger partial charge >= 0.3 is 0 Å². The van der Waals surface area contributed by atoms with Crippen LogP contribution in [0.3, 0.4) is 0 Å². The molecular formula is C24H24N4OS. The number of pyridine rings is 1. The second-order valence-corrected chi connectivity index (χ2v) is 8.28. The summed E-state index contributed by atoms with van der Waals surface area (Å²) in [5.41, 5.74) is 4.98. The fourth-order valence-electron chi connectivity index (χ4n) is 3.21. The van der Waals surface area contributed by atoms with E-state index in [0.29, 0.717) is 5.56 Å². The van der Waals surface area contributed by atoms with Crippen molar-refractivity contribution in [1.29, 1.82) is 0 Å². The van der Waals surface area contributed by atoms with Crippen molar-refractivity contribution in [3.05, 3.63) is 89.7 Å². The molecule has 1 unspecified atom stereocenters. The highest BCUT2D eigenvalue weighted by Gasteiger charge is 2.10. The van der Waals surface area contributed by atoms with E-state index in [-0.39, 0.29) is 11.9 Å². The molecule has 6 heteroatoms. The minimum atomic E-state index is -0.0282. The van der Waals surface area contributed by atoms with Crippen LogP contribution in [-0.2, 0) is 12.2 Å². The Balaban J connectivity index is 1.27. The molecule has 4 rings (SSSR count). The lowest BCUT2D eigenvalue weighted by molar-refractivity contribution is 0.0938. The number of aromatic amines is 1. The van der Waals surface area contributed by atoms with Crippen LogP contribution in [0.15, 0.2) is 78.2 Å².